The molecule has 0 radical (unpaired) electrons. The van der Waals surface area contributed by atoms with Crippen molar-refractivity contribution in [2.24, 2.45) is 0 Å². The second kappa shape index (κ2) is 8.91. The molecule has 160 valence electrons. The Morgan fingerprint density at radius 2 is 1.84 bits per heavy atom. The zero-order valence-corrected chi connectivity index (χ0v) is 17.8. The second-order valence-electron chi connectivity index (χ2n) is 7.44. The van der Waals surface area contributed by atoms with Gasteiger partial charge in [0.25, 0.3) is 11.5 Å². The topological polar surface area (TPSA) is 80.6 Å². The molecule has 0 unspecified atom stereocenters. The van der Waals surface area contributed by atoms with Crippen molar-refractivity contribution in [3.05, 3.63) is 75.0 Å². The molecule has 1 fully saturated rings. The summed E-state index contributed by atoms with van der Waals surface area (Å²) in [4.78, 5) is 40.3. The number of aryl methyl sites for hydroxylation is 1. The predicted molar refractivity (Wildman–Crippen MR) is 120 cm³/mol. The summed E-state index contributed by atoms with van der Waals surface area (Å²) in [6.45, 7) is 3.62. The number of aromatic nitrogens is 1. The van der Waals surface area contributed by atoms with Crippen LogP contribution in [0.15, 0.2) is 53.3 Å². The SMILES string of the molecule is Cc1ccc(NC(=O)Cn2c(=O)cc(C(=O)N3CCOCC3)c3ccccc32)c(Cl)c1. The van der Waals surface area contributed by atoms with E-state index in [1.54, 1.807) is 41.3 Å². The van der Waals surface area contributed by atoms with Crippen molar-refractivity contribution in [3.63, 3.8) is 0 Å². The van der Waals surface area contributed by atoms with E-state index in [9.17, 15) is 14.4 Å². The van der Waals surface area contributed by atoms with E-state index in [1.807, 2.05) is 13.0 Å². The number of nitrogens with zero attached hydrogens (tertiary/aromatic N) is 2. The Kier molecular flexibility index (Phi) is 6.06. The zero-order chi connectivity index (χ0) is 22.0. The molecule has 1 aliphatic rings. The number of benzene rings is 2. The summed E-state index contributed by atoms with van der Waals surface area (Å²) in [5.41, 5.74) is 1.90. The number of fused-ring (bicyclic) bond motifs is 1. The van der Waals surface area contributed by atoms with Gasteiger partial charge in [0.2, 0.25) is 5.91 Å². The van der Waals surface area contributed by atoms with Gasteiger partial charge >= 0.3 is 0 Å². The monoisotopic (exact) mass is 439 g/mol. The molecule has 1 saturated heterocycles. The number of anilines is 1. The molecular formula is C23H22ClN3O4. The van der Waals surface area contributed by atoms with E-state index < -0.39 is 5.56 Å². The number of nitrogens with one attached hydrogen (secondary N) is 1. The molecule has 8 heteroatoms. The number of ether oxygens (including phenoxy) is 1. The molecule has 2 aromatic carbocycles. The fraction of sp³-hybridized carbons (Fsp3) is 0.261. The first-order valence-electron chi connectivity index (χ1n) is 9.99. The lowest BCUT2D eigenvalue weighted by Crippen LogP contribution is -2.41. The van der Waals surface area contributed by atoms with E-state index in [1.165, 1.54) is 10.6 Å². The van der Waals surface area contributed by atoms with E-state index in [0.29, 0.717) is 53.5 Å². The largest absolute Gasteiger partial charge is 0.378 e. The van der Waals surface area contributed by atoms with E-state index >= 15 is 0 Å². The molecule has 1 aliphatic heterocycles. The molecule has 1 N–H and O–H groups in total. The summed E-state index contributed by atoms with van der Waals surface area (Å²) in [7, 11) is 0. The van der Waals surface area contributed by atoms with Crippen LogP contribution in [0.25, 0.3) is 10.9 Å². The molecule has 7 nitrogen and oxygen atoms in total. The molecule has 0 bridgehead atoms. The fourth-order valence-corrected chi connectivity index (χ4v) is 3.95. The van der Waals surface area contributed by atoms with E-state index in [0.717, 1.165) is 5.56 Å². The first-order valence-corrected chi connectivity index (χ1v) is 10.4. The summed E-state index contributed by atoms with van der Waals surface area (Å²) in [6.07, 6.45) is 0. The third-order valence-corrected chi connectivity index (χ3v) is 5.56. The normalized spacial score (nSPS) is 13.9. The number of halogens is 1. The minimum Gasteiger partial charge on any atom is -0.378 e. The predicted octanol–water partition coefficient (Wildman–Crippen LogP) is 3.07. The van der Waals surface area contributed by atoms with Gasteiger partial charge in [0.05, 0.1) is 35.0 Å². The maximum Gasteiger partial charge on any atom is 0.254 e. The van der Waals surface area contributed by atoms with Crippen LogP contribution in [0, 0.1) is 6.92 Å². The highest BCUT2D eigenvalue weighted by Crippen LogP contribution is 2.23. The van der Waals surface area contributed by atoms with E-state index in [2.05, 4.69) is 5.32 Å². The Morgan fingerprint density at radius 1 is 1.10 bits per heavy atom. The number of hydrogen-bond donors (Lipinski definition) is 1. The number of carbonyl (C=O) groups excluding carboxylic acids is 2. The quantitative estimate of drug-likeness (QED) is 0.677. The van der Waals surface area contributed by atoms with Gasteiger partial charge in [0.1, 0.15) is 6.54 Å². The Balaban J connectivity index is 1.66. The van der Waals surface area contributed by atoms with Crippen LogP contribution in [0.4, 0.5) is 5.69 Å². The van der Waals surface area contributed by atoms with E-state index in [4.69, 9.17) is 16.3 Å². The van der Waals surface area contributed by atoms with Crippen LogP contribution in [0.3, 0.4) is 0 Å². The maximum atomic E-state index is 13.0. The summed E-state index contributed by atoms with van der Waals surface area (Å²) in [5, 5.41) is 3.80. The van der Waals surface area contributed by atoms with Crippen LogP contribution < -0.4 is 10.9 Å². The molecule has 2 heterocycles. The Morgan fingerprint density at radius 3 is 2.58 bits per heavy atom. The van der Waals surface area contributed by atoms with Crippen molar-refractivity contribution in [1.82, 2.24) is 9.47 Å². The number of hydrogen-bond acceptors (Lipinski definition) is 4. The van der Waals surface area contributed by atoms with E-state index in [-0.39, 0.29) is 18.4 Å². The lowest BCUT2D eigenvalue weighted by atomic mass is 10.1. The Hall–Kier alpha value is -3.16. The number of para-hydroxylation sites is 1. The van der Waals surface area contributed by atoms with Crippen LogP contribution >= 0.6 is 11.6 Å². The second-order valence-corrected chi connectivity index (χ2v) is 7.84. The average molecular weight is 440 g/mol. The van der Waals surface area contributed by atoms with Gasteiger partial charge in [0.15, 0.2) is 0 Å². The molecule has 0 atom stereocenters. The van der Waals surface area contributed by atoms with Gasteiger partial charge < -0.3 is 15.0 Å². The third kappa shape index (κ3) is 4.47. The zero-order valence-electron chi connectivity index (χ0n) is 17.1. The van der Waals surface area contributed by atoms with Gasteiger partial charge in [-0.25, -0.2) is 0 Å². The highest BCUT2D eigenvalue weighted by Gasteiger charge is 2.22. The molecule has 0 saturated carbocycles. The standard InChI is InChI=1S/C23H22ClN3O4/c1-15-6-7-19(18(24)12-15)25-21(28)14-27-20-5-3-2-4-16(20)17(13-22(27)29)23(30)26-8-10-31-11-9-26/h2-7,12-13H,8-11,14H2,1H3,(H,25,28). The van der Waals surface area contributed by atoms with Crippen molar-refractivity contribution in [2.75, 3.05) is 31.6 Å². The smallest absolute Gasteiger partial charge is 0.254 e. The van der Waals surface area contributed by atoms with Crippen LogP contribution in [0.2, 0.25) is 5.02 Å². The summed E-state index contributed by atoms with van der Waals surface area (Å²) in [5.74, 6) is -0.593. The molecule has 31 heavy (non-hydrogen) atoms. The average Bonchev–Trinajstić information content (AvgIpc) is 2.77. The number of amides is 2. The Labute approximate surface area is 184 Å². The molecule has 0 spiro atoms. The summed E-state index contributed by atoms with van der Waals surface area (Å²) in [6, 6.07) is 13.7. The summed E-state index contributed by atoms with van der Waals surface area (Å²) >= 11 is 6.20. The first kappa shape index (κ1) is 21.1. The molecule has 4 rings (SSSR count). The number of carbonyl (C=O) groups is 2. The highest BCUT2D eigenvalue weighted by atomic mass is 35.5. The lowest BCUT2D eigenvalue weighted by Gasteiger charge is -2.27. The van der Waals surface area contributed by atoms with Crippen molar-refractivity contribution < 1.29 is 14.3 Å². The first-order chi connectivity index (χ1) is 14.9. The fourth-order valence-electron chi connectivity index (χ4n) is 3.67. The number of pyridine rings is 1. The van der Waals surface area contributed by atoms with Crippen LogP contribution in [0.1, 0.15) is 15.9 Å². The number of morpholine rings is 1. The minimum absolute atomic E-state index is 0.199. The highest BCUT2D eigenvalue weighted by molar-refractivity contribution is 6.33. The van der Waals surface area contributed by atoms with Crippen LogP contribution in [-0.2, 0) is 16.1 Å². The van der Waals surface area contributed by atoms with Gasteiger partial charge in [-0.1, -0.05) is 35.9 Å². The molecule has 1 aromatic heterocycles. The van der Waals surface area contributed by atoms with Crippen molar-refractivity contribution in [1.29, 1.82) is 0 Å². The van der Waals surface area contributed by atoms with Gasteiger partial charge in [-0.3, -0.25) is 19.0 Å². The number of rotatable bonds is 4. The van der Waals surface area contributed by atoms with Crippen molar-refractivity contribution >= 4 is 40.0 Å². The molecular weight excluding hydrogens is 418 g/mol. The van der Waals surface area contributed by atoms with Crippen LogP contribution in [-0.4, -0.2) is 47.6 Å². The molecule has 2 amide bonds. The minimum atomic E-state index is -0.416. The van der Waals surface area contributed by atoms with Crippen LogP contribution in [0.5, 0.6) is 0 Å². The molecule has 0 aliphatic carbocycles. The van der Waals surface area contributed by atoms with Gasteiger partial charge in [-0.15, -0.1) is 0 Å². The molecule has 3 aromatic rings. The van der Waals surface area contributed by atoms with Gasteiger partial charge in [-0.2, -0.15) is 0 Å². The van der Waals surface area contributed by atoms with Crippen molar-refractivity contribution in [2.45, 2.75) is 13.5 Å². The van der Waals surface area contributed by atoms with Gasteiger partial charge in [0, 0.05) is 24.5 Å². The third-order valence-electron chi connectivity index (χ3n) is 5.25. The lowest BCUT2D eigenvalue weighted by molar-refractivity contribution is -0.116. The maximum absolute atomic E-state index is 13.0. The van der Waals surface area contributed by atoms with Crippen molar-refractivity contribution in [3.8, 4) is 0 Å². The Bertz CT molecular complexity index is 1220. The summed E-state index contributed by atoms with van der Waals surface area (Å²) < 4.78 is 6.67. The van der Waals surface area contributed by atoms with Gasteiger partial charge in [-0.05, 0) is 30.7 Å².